The van der Waals surface area contributed by atoms with Gasteiger partial charge in [-0.1, -0.05) is 288 Å². The van der Waals surface area contributed by atoms with Gasteiger partial charge in [-0.05, 0) is 83.5 Å². The quantitative estimate of drug-likeness (QED) is 0.0261. The van der Waals surface area contributed by atoms with Crippen molar-refractivity contribution in [1.29, 1.82) is 0 Å². The van der Waals surface area contributed by atoms with Gasteiger partial charge in [0.2, 0.25) is 0 Å². The summed E-state index contributed by atoms with van der Waals surface area (Å²) in [5.74, 6) is -0.861. The number of carbonyl (C=O) groups excluding carboxylic acids is 3. The molecule has 0 amide bonds. The van der Waals surface area contributed by atoms with Crippen LogP contribution < -0.4 is 0 Å². The van der Waals surface area contributed by atoms with Crippen molar-refractivity contribution in [3.8, 4) is 0 Å². The molecule has 0 fully saturated rings. The highest BCUT2D eigenvalue weighted by Crippen LogP contribution is 2.17. The number of hydrogen-bond donors (Lipinski definition) is 0. The Hall–Kier alpha value is -2.63. The molecule has 1 atom stereocenters. The third kappa shape index (κ3) is 60.1. The van der Waals surface area contributed by atoms with Gasteiger partial charge in [0.1, 0.15) is 13.2 Å². The lowest BCUT2D eigenvalue weighted by atomic mass is 10.0. The second kappa shape index (κ2) is 61.9. The highest BCUT2D eigenvalue weighted by atomic mass is 16.6. The Morgan fingerprint density at radius 1 is 0.274 bits per heavy atom. The van der Waals surface area contributed by atoms with Crippen LogP contribution in [0.2, 0.25) is 0 Å². The molecule has 0 aromatic heterocycles. The molecule has 0 N–H and O–H groups in total. The average Bonchev–Trinajstić information content (AvgIpc) is 3.39. The predicted octanol–water partition coefficient (Wildman–Crippen LogP) is 21.8. The van der Waals surface area contributed by atoms with Crippen molar-refractivity contribution in [1.82, 2.24) is 0 Å². The summed E-state index contributed by atoms with van der Waals surface area (Å²) in [6, 6.07) is 0. The number of rotatable bonds is 59. The van der Waals surface area contributed by atoms with Gasteiger partial charge in [-0.3, -0.25) is 14.4 Å². The first kappa shape index (κ1) is 70.4. The van der Waals surface area contributed by atoms with Gasteiger partial charge in [0.25, 0.3) is 0 Å². The van der Waals surface area contributed by atoms with Crippen molar-refractivity contribution < 1.29 is 28.6 Å². The fraction of sp³-hybridized carbons (Fsp3) is 0.836. The van der Waals surface area contributed by atoms with E-state index in [4.69, 9.17) is 14.2 Å². The Labute approximate surface area is 454 Å². The maximum Gasteiger partial charge on any atom is 0.306 e. The first-order valence-electron chi connectivity index (χ1n) is 32.1. The Morgan fingerprint density at radius 3 is 0.781 bits per heavy atom. The largest absolute Gasteiger partial charge is 0.462 e. The SMILES string of the molecule is CCCCCCC/C=C\C/C=C\C/C=C\CCCCCCCCCCCCCCCCC(=O)OCC(COC(=O)CCCCCCCCCCC)OC(=O)CCCCCCCCC/C=C\CCCCCCCC. The molecule has 0 aromatic carbocycles. The van der Waals surface area contributed by atoms with Crippen molar-refractivity contribution in [2.75, 3.05) is 13.2 Å². The number of ether oxygens (including phenoxy) is 3. The molecule has 0 aliphatic carbocycles. The molecular weight excluding hydrogens is 901 g/mol. The zero-order chi connectivity index (χ0) is 52.9. The van der Waals surface area contributed by atoms with Crippen LogP contribution in [-0.4, -0.2) is 37.2 Å². The van der Waals surface area contributed by atoms with Crippen LogP contribution in [0.1, 0.15) is 342 Å². The Kier molecular flexibility index (Phi) is 59.7. The molecule has 0 radical (unpaired) electrons. The average molecular weight is 1020 g/mol. The highest BCUT2D eigenvalue weighted by molar-refractivity contribution is 5.71. The van der Waals surface area contributed by atoms with Crippen LogP contribution in [0.5, 0.6) is 0 Å². The van der Waals surface area contributed by atoms with E-state index in [0.29, 0.717) is 19.3 Å². The molecule has 0 aliphatic heterocycles. The first-order chi connectivity index (χ1) is 36.0. The molecule has 0 saturated heterocycles. The van der Waals surface area contributed by atoms with Crippen LogP contribution in [-0.2, 0) is 28.6 Å². The number of hydrogen-bond acceptors (Lipinski definition) is 6. The van der Waals surface area contributed by atoms with Gasteiger partial charge < -0.3 is 14.2 Å². The normalized spacial score (nSPS) is 12.3. The van der Waals surface area contributed by atoms with Gasteiger partial charge in [0, 0.05) is 19.3 Å². The van der Waals surface area contributed by atoms with Gasteiger partial charge in [-0.25, -0.2) is 0 Å². The number of allylic oxidation sites excluding steroid dienone is 8. The van der Waals surface area contributed by atoms with Crippen LogP contribution in [0.3, 0.4) is 0 Å². The van der Waals surface area contributed by atoms with Gasteiger partial charge in [0.05, 0.1) is 0 Å². The zero-order valence-corrected chi connectivity index (χ0v) is 48.9. The van der Waals surface area contributed by atoms with E-state index in [1.54, 1.807) is 0 Å². The van der Waals surface area contributed by atoms with E-state index in [0.717, 1.165) is 70.6 Å². The van der Waals surface area contributed by atoms with E-state index in [-0.39, 0.29) is 31.1 Å². The van der Waals surface area contributed by atoms with Gasteiger partial charge in [-0.2, -0.15) is 0 Å². The van der Waals surface area contributed by atoms with Gasteiger partial charge in [-0.15, -0.1) is 0 Å². The maximum absolute atomic E-state index is 12.9. The lowest BCUT2D eigenvalue weighted by molar-refractivity contribution is -0.167. The highest BCUT2D eigenvalue weighted by Gasteiger charge is 2.19. The van der Waals surface area contributed by atoms with Crippen LogP contribution in [0, 0.1) is 0 Å². The Morgan fingerprint density at radius 2 is 0.493 bits per heavy atom. The second-order valence-corrected chi connectivity index (χ2v) is 21.7. The van der Waals surface area contributed by atoms with Gasteiger partial charge >= 0.3 is 17.9 Å². The summed E-state index contributed by atoms with van der Waals surface area (Å²) in [7, 11) is 0. The minimum atomic E-state index is -0.772. The minimum absolute atomic E-state index is 0.0711. The molecule has 6 nitrogen and oxygen atoms in total. The van der Waals surface area contributed by atoms with Crippen molar-refractivity contribution in [3.63, 3.8) is 0 Å². The van der Waals surface area contributed by atoms with E-state index < -0.39 is 6.10 Å². The third-order valence-corrected chi connectivity index (χ3v) is 14.3. The lowest BCUT2D eigenvalue weighted by Gasteiger charge is -2.18. The lowest BCUT2D eigenvalue weighted by Crippen LogP contribution is -2.30. The maximum atomic E-state index is 12.9. The van der Waals surface area contributed by atoms with Crippen LogP contribution in [0.4, 0.5) is 0 Å². The summed E-state index contributed by atoms with van der Waals surface area (Å²) >= 11 is 0. The fourth-order valence-corrected chi connectivity index (χ4v) is 9.45. The first-order valence-corrected chi connectivity index (χ1v) is 32.1. The van der Waals surface area contributed by atoms with Crippen molar-refractivity contribution >= 4 is 17.9 Å². The van der Waals surface area contributed by atoms with Crippen molar-refractivity contribution in [2.45, 2.75) is 348 Å². The molecular formula is C67H122O6. The molecule has 0 aliphatic rings. The zero-order valence-electron chi connectivity index (χ0n) is 48.9. The van der Waals surface area contributed by atoms with E-state index >= 15 is 0 Å². The summed E-state index contributed by atoms with van der Waals surface area (Å²) in [6.07, 6.45) is 77.0. The summed E-state index contributed by atoms with van der Waals surface area (Å²) in [5, 5.41) is 0. The van der Waals surface area contributed by atoms with Crippen molar-refractivity contribution in [3.05, 3.63) is 48.6 Å². The number of esters is 3. The Bertz CT molecular complexity index is 1270. The monoisotopic (exact) mass is 1020 g/mol. The van der Waals surface area contributed by atoms with Crippen molar-refractivity contribution in [2.24, 2.45) is 0 Å². The molecule has 0 rings (SSSR count). The molecule has 0 bridgehead atoms. The van der Waals surface area contributed by atoms with E-state index in [2.05, 4.69) is 69.4 Å². The molecule has 1 unspecified atom stereocenters. The summed E-state index contributed by atoms with van der Waals surface area (Å²) in [6.45, 7) is 6.64. The minimum Gasteiger partial charge on any atom is -0.462 e. The van der Waals surface area contributed by atoms with E-state index in [1.165, 1.54) is 231 Å². The van der Waals surface area contributed by atoms with Crippen LogP contribution in [0.15, 0.2) is 48.6 Å². The smallest absolute Gasteiger partial charge is 0.306 e. The topological polar surface area (TPSA) is 78.9 Å². The second-order valence-electron chi connectivity index (χ2n) is 21.7. The fourth-order valence-electron chi connectivity index (χ4n) is 9.45. The molecule has 0 heterocycles. The van der Waals surface area contributed by atoms with Crippen LogP contribution in [0.25, 0.3) is 0 Å². The molecule has 426 valence electrons. The van der Waals surface area contributed by atoms with Crippen LogP contribution >= 0.6 is 0 Å². The summed E-state index contributed by atoms with van der Waals surface area (Å²) in [4.78, 5) is 38.1. The standard InChI is InChI=1S/C67H122O6/c1-4-7-10-13-16-19-21-23-25-27-28-29-30-31-32-33-34-35-36-37-38-40-41-43-45-48-51-54-57-60-66(69)72-63-64(62-71-65(68)59-56-53-50-47-18-15-12-9-6-3)73-67(70)61-58-55-52-49-46-44-42-39-26-24-22-20-17-14-11-8-5-2/h21,23-24,26-28,30-31,64H,4-20,22,25,29,32-63H2,1-3H3/b23-21-,26-24-,28-27-,31-30-. The number of carbonyl (C=O) groups is 3. The summed E-state index contributed by atoms with van der Waals surface area (Å²) in [5.41, 5.74) is 0. The molecule has 0 spiro atoms. The number of unbranched alkanes of at least 4 members (excludes halogenated alkanes) is 40. The predicted molar refractivity (Wildman–Crippen MR) is 316 cm³/mol. The van der Waals surface area contributed by atoms with E-state index in [9.17, 15) is 14.4 Å². The summed E-state index contributed by atoms with van der Waals surface area (Å²) < 4.78 is 16.9. The van der Waals surface area contributed by atoms with Gasteiger partial charge in [0.15, 0.2) is 6.10 Å². The third-order valence-electron chi connectivity index (χ3n) is 14.3. The molecule has 0 aromatic rings. The van der Waals surface area contributed by atoms with E-state index in [1.807, 2.05) is 0 Å². The molecule has 6 heteroatoms. The Balaban J connectivity index is 4.13. The molecule has 0 saturated carbocycles. The molecule has 73 heavy (non-hydrogen) atoms.